The lowest BCUT2D eigenvalue weighted by atomic mass is 10.1. The Balaban J connectivity index is 1.95. The van der Waals surface area contributed by atoms with Crippen LogP contribution in [0.5, 0.6) is 23.0 Å². The summed E-state index contributed by atoms with van der Waals surface area (Å²) in [6.07, 6.45) is 4.47. The molecule has 0 unspecified atom stereocenters. The van der Waals surface area contributed by atoms with Crippen molar-refractivity contribution in [3.8, 4) is 28.7 Å². The molecule has 8 nitrogen and oxygen atoms in total. The number of methoxy groups -OCH3 is 3. The van der Waals surface area contributed by atoms with Crippen LogP contribution in [0, 0.1) is 0 Å². The number of nitrogens with zero attached hydrogens (tertiary/aromatic N) is 2. The van der Waals surface area contributed by atoms with Gasteiger partial charge in [-0.15, -0.1) is 0 Å². The Morgan fingerprint density at radius 1 is 0.875 bits per heavy atom. The molecule has 162 valence electrons. The molecule has 0 radical (unpaired) electrons. The number of benzene rings is 2. The Hall–Kier alpha value is -4.33. The second-order valence-electron chi connectivity index (χ2n) is 6.75. The summed E-state index contributed by atoms with van der Waals surface area (Å²) in [7, 11) is 4.52. The van der Waals surface area contributed by atoms with Gasteiger partial charge in [-0.3, -0.25) is 14.3 Å². The topological polar surface area (TPSA) is 88.9 Å². The van der Waals surface area contributed by atoms with Crippen molar-refractivity contribution in [3.05, 3.63) is 83.0 Å². The minimum atomic E-state index is -0.641. The van der Waals surface area contributed by atoms with Gasteiger partial charge in [-0.25, -0.2) is 4.79 Å². The molecule has 0 aliphatic heterocycles. The predicted octanol–water partition coefficient (Wildman–Crippen LogP) is 3.63. The van der Waals surface area contributed by atoms with E-state index in [2.05, 4.69) is 4.98 Å². The average molecular weight is 432 g/mol. The smallest absolute Gasteiger partial charge is 0.345 e. The lowest BCUT2D eigenvalue weighted by Gasteiger charge is -2.15. The van der Waals surface area contributed by atoms with Crippen LogP contribution >= 0.6 is 0 Å². The molecule has 2 aromatic heterocycles. The zero-order valence-corrected chi connectivity index (χ0v) is 17.7. The van der Waals surface area contributed by atoms with E-state index in [9.17, 15) is 9.59 Å². The number of hydrogen-bond donors (Lipinski definition) is 0. The first kappa shape index (κ1) is 20.9. The predicted molar refractivity (Wildman–Crippen MR) is 118 cm³/mol. The molecule has 4 aromatic rings. The van der Waals surface area contributed by atoms with Crippen molar-refractivity contribution in [2.75, 3.05) is 21.3 Å². The maximum Gasteiger partial charge on any atom is 0.345 e. The molecule has 0 amide bonds. The zero-order chi connectivity index (χ0) is 22.7. The van der Waals surface area contributed by atoms with Crippen LogP contribution in [0.1, 0.15) is 10.4 Å². The van der Waals surface area contributed by atoms with Crippen molar-refractivity contribution in [2.45, 2.75) is 0 Å². The van der Waals surface area contributed by atoms with Crippen LogP contribution in [0.25, 0.3) is 16.5 Å². The standard InChI is InChI=1S/C24H20N2O6/c1-29-16-8-6-15(7-9-16)26-14-20(24(28)32-17-5-4-10-25-13-17)18-11-21(30-2)22(31-3)12-19(18)23(26)27/h4-14H,1-3H3. The molecule has 4 rings (SSSR count). The van der Waals surface area contributed by atoms with Gasteiger partial charge in [0.15, 0.2) is 11.5 Å². The normalized spacial score (nSPS) is 10.6. The van der Waals surface area contributed by atoms with Crippen LogP contribution in [0.2, 0.25) is 0 Å². The number of esters is 1. The van der Waals surface area contributed by atoms with Crippen LogP contribution in [0.4, 0.5) is 0 Å². The highest BCUT2D eigenvalue weighted by atomic mass is 16.5. The van der Waals surface area contributed by atoms with Gasteiger partial charge in [0.1, 0.15) is 11.5 Å². The number of carbonyl (C=O) groups is 1. The third-order valence-corrected chi connectivity index (χ3v) is 4.94. The van der Waals surface area contributed by atoms with Crippen LogP contribution in [0.15, 0.2) is 71.9 Å². The van der Waals surface area contributed by atoms with E-state index in [4.69, 9.17) is 18.9 Å². The molecule has 0 saturated carbocycles. The molecule has 0 bridgehead atoms. The van der Waals surface area contributed by atoms with Crippen LogP contribution in [-0.2, 0) is 0 Å². The third kappa shape index (κ3) is 3.85. The Kier molecular flexibility index (Phi) is 5.76. The second-order valence-corrected chi connectivity index (χ2v) is 6.75. The van der Waals surface area contributed by atoms with Crippen LogP contribution in [0.3, 0.4) is 0 Å². The Morgan fingerprint density at radius 2 is 1.56 bits per heavy atom. The number of hydrogen-bond acceptors (Lipinski definition) is 7. The largest absolute Gasteiger partial charge is 0.497 e. The summed E-state index contributed by atoms with van der Waals surface area (Å²) in [5.74, 6) is 1.05. The molecule has 0 aliphatic rings. The molecule has 32 heavy (non-hydrogen) atoms. The van der Waals surface area contributed by atoms with Gasteiger partial charge in [-0.1, -0.05) is 0 Å². The van der Waals surface area contributed by atoms with Crippen molar-refractivity contribution in [1.29, 1.82) is 0 Å². The van der Waals surface area contributed by atoms with Gasteiger partial charge < -0.3 is 18.9 Å². The number of pyridine rings is 2. The highest BCUT2D eigenvalue weighted by molar-refractivity contribution is 6.05. The molecule has 2 heterocycles. The Bertz CT molecular complexity index is 1330. The molecule has 0 fully saturated rings. The van der Waals surface area contributed by atoms with E-state index in [1.54, 1.807) is 61.8 Å². The molecular formula is C24H20N2O6. The molecule has 0 atom stereocenters. The fraction of sp³-hybridized carbons (Fsp3) is 0.125. The van der Waals surface area contributed by atoms with E-state index in [1.165, 1.54) is 31.2 Å². The third-order valence-electron chi connectivity index (χ3n) is 4.94. The molecular weight excluding hydrogens is 412 g/mol. The SMILES string of the molecule is COc1ccc(-n2cc(C(=O)Oc3cccnc3)c3cc(OC)c(OC)cc3c2=O)cc1. The number of aromatic nitrogens is 2. The average Bonchev–Trinajstić information content (AvgIpc) is 2.84. The lowest BCUT2D eigenvalue weighted by Crippen LogP contribution is -2.22. The van der Waals surface area contributed by atoms with Crippen molar-refractivity contribution in [3.63, 3.8) is 0 Å². The summed E-state index contributed by atoms with van der Waals surface area (Å²) in [4.78, 5) is 30.4. The quantitative estimate of drug-likeness (QED) is 0.430. The summed E-state index contributed by atoms with van der Waals surface area (Å²) in [6.45, 7) is 0. The minimum absolute atomic E-state index is 0.181. The molecule has 0 spiro atoms. The van der Waals surface area contributed by atoms with E-state index in [-0.39, 0.29) is 22.3 Å². The Morgan fingerprint density at radius 3 is 2.16 bits per heavy atom. The molecule has 0 saturated heterocycles. The number of ether oxygens (including phenoxy) is 4. The van der Waals surface area contributed by atoms with E-state index >= 15 is 0 Å². The van der Waals surface area contributed by atoms with Crippen molar-refractivity contribution >= 4 is 16.7 Å². The first-order valence-corrected chi connectivity index (χ1v) is 9.63. The molecule has 2 aromatic carbocycles. The number of carbonyl (C=O) groups excluding carboxylic acids is 1. The van der Waals surface area contributed by atoms with Gasteiger partial charge in [0.05, 0.1) is 38.5 Å². The van der Waals surface area contributed by atoms with Gasteiger partial charge in [-0.2, -0.15) is 0 Å². The van der Waals surface area contributed by atoms with E-state index < -0.39 is 5.97 Å². The summed E-state index contributed by atoms with van der Waals surface area (Å²) in [6, 6.07) is 13.3. The van der Waals surface area contributed by atoms with E-state index in [0.717, 1.165) is 0 Å². The van der Waals surface area contributed by atoms with Gasteiger partial charge in [0.25, 0.3) is 5.56 Å². The summed E-state index contributed by atoms with van der Waals surface area (Å²) < 4.78 is 22.8. The fourth-order valence-electron chi connectivity index (χ4n) is 3.33. The van der Waals surface area contributed by atoms with Crippen molar-refractivity contribution in [1.82, 2.24) is 9.55 Å². The summed E-state index contributed by atoms with van der Waals surface area (Å²) in [5, 5.41) is 0.658. The summed E-state index contributed by atoms with van der Waals surface area (Å²) >= 11 is 0. The zero-order valence-electron chi connectivity index (χ0n) is 17.7. The molecule has 8 heteroatoms. The van der Waals surface area contributed by atoms with Gasteiger partial charge >= 0.3 is 5.97 Å². The van der Waals surface area contributed by atoms with E-state index in [1.807, 2.05) is 0 Å². The van der Waals surface area contributed by atoms with Gasteiger partial charge in [-0.05, 0) is 48.5 Å². The van der Waals surface area contributed by atoms with E-state index in [0.29, 0.717) is 28.3 Å². The molecule has 0 N–H and O–H groups in total. The van der Waals surface area contributed by atoms with Crippen LogP contribution in [-0.4, -0.2) is 36.8 Å². The minimum Gasteiger partial charge on any atom is -0.497 e. The molecule has 0 aliphatic carbocycles. The monoisotopic (exact) mass is 432 g/mol. The maximum atomic E-state index is 13.4. The second kappa shape index (κ2) is 8.81. The first-order valence-electron chi connectivity index (χ1n) is 9.63. The fourth-order valence-corrected chi connectivity index (χ4v) is 3.33. The number of fused-ring (bicyclic) bond motifs is 1. The van der Waals surface area contributed by atoms with Crippen LogP contribution < -0.4 is 24.5 Å². The highest BCUT2D eigenvalue weighted by Crippen LogP contribution is 2.33. The lowest BCUT2D eigenvalue weighted by molar-refractivity contribution is 0.0735. The van der Waals surface area contributed by atoms with Gasteiger partial charge in [0.2, 0.25) is 0 Å². The van der Waals surface area contributed by atoms with Crippen molar-refractivity contribution < 1.29 is 23.7 Å². The first-order chi connectivity index (χ1) is 15.5. The number of rotatable bonds is 6. The maximum absolute atomic E-state index is 13.4. The summed E-state index contributed by atoms with van der Waals surface area (Å²) in [5.41, 5.74) is 0.409. The Labute approximate surface area is 183 Å². The van der Waals surface area contributed by atoms with Gasteiger partial charge in [0, 0.05) is 23.5 Å². The highest BCUT2D eigenvalue weighted by Gasteiger charge is 2.20. The van der Waals surface area contributed by atoms with Crippen molar-refractivity contribution in [2.24, 2.45) is 0 Å².